The number of nitrogens with zero attached hydrogens (tertiary/aromatic N) is 2. The van der Waals surface area contributed by atoms with Crippen molar-refractivity contribution in [3.63, 3.8) is 0 Å². The number of hydrogen-bond acceptors (Lipinski definition) is 2. The van der Waals surface area contributed by atoms with Crippen LogP contribution in [0.1, 0.15) is 27.7 Å². The lowest BCUT2D eigenvalue weighted by Crippen LogP contribution is -2.47. The molecule has 0 N–H and O–H groups in total. The van der Waals surface area contributed by atoms with Crippen LogP contribution in [0, 0.1) is 33.5 Å². The molecule has 0 fully saturated rings. The van der Waals surface area contributed by atoms with E-state index >= 15 is 0 Å². The lowest BCUT2D eigenvalue weighted by molar-refractivity contribution is -0.144. The minimum absolute atomic E-state index is 1.13. The van der Waals surface area contributed by atoms with Crippen molar-refractivity contribution in [3.8, 4) is 12.1 Å². The van der Waals surface area contributed by atoms with Crippen molar-refractivity contribution in [1.29, 1.82) is 10.5 Å². The molecule has 2 nitrogen and oxygen atoms in total. The van der Waals surface area contributed by atoms with Crippen LogP contribution in [-0.4, -0.2) is 5.92 Å². The highest BCUT2D eigenvalue weighted by atomic mass is 19.3. The van der Waals surface area contributed by atoms with Crippen molar-refractivity contribution in [1.82, 2.24) is 0 Å². The Balaban J connectivity index is 5.26. The van der Waals surface area contributed by atoms with Crippen LogP contribution >= 0.6 is 0 Å². The van der Waals surface area contributed by atoms with Gasteiger partial charge in [-0.15, -0.1) is 0 Å². The van der Waals surface area contributed by atoms with Gasteiger partial charge in [-0.05, 0) is 27.7 Å². The van der Waals surface area contributed by atoms with Gasteiger partial charge in [-0.3, -0.25) is 0 Å². The second-order valence-corrected chi connectivity index (χ2v) is 4.05. The maximum Gasteiger partial charge on any atom is 0.283 e. The molecule has 0 aromatic carbocycles. The van der Waals surface area contributed by atoms with E-state index in [1.807, 2.05) is 0 Å². The SMILES string of the molecule is CC(C)(C#N)C(F)(F)C(C)(C)C#N. The molecule has 0 aromatic heterocycles. The van der Waals surface area contributed by atoms with Crippen LogP contribution in [0.25, 0.3) is 0 Å². The normalized spacial score (nSPS) is 13.2. The zero-order valence-electron chi connectivity index (χ0n) is 8.15. The summed E-state index contributed by atoms with van der Waals surface area (Å²) in [6.07, 6.45) is 0. The second-order valence-electron chi connectivity index (χ2n) is 4.05. The van der Waals surface area contributed by atoms with E-state index < -0.39 is 16.8 Å². The van der Waals surface area contributed by atoms with Crippen molar-refractivity contribution in [2.75, 3.05) is 0 Å². The first-order valence-electron chi connectivity index (χ1n) is 3.83. The van der Waals surface area contributed by atoms with E-state index in [4.69, 9.17) is 10.5 Å². The van der Waals surface area contributed by atoms with Crippen LogP contribution in [0.4, 0.5) is 8.78 Å². The Morgan fingerprint density at radius 1 is 0.846 bits per heavy atom. The van der Waals surface area contributed by atoms with E-state index in [2.05, 4.69) is 0 Å². The van der Waals surface area contributed by atoms with Gasteiger partial charge in [-0.1, -0.05) is 0 Å². The first kappa shape index (κ1) is 11.8. The Labute approximate surface area is 76.8 Å². The molecule has 0 aliphatic heterocycles. The van der Waals surface area contributed by atoms with E-state index in [1.54, 1.807) is 0 Å². The molecule has 0 rings (SSSR count). The van der Waals surface area contributed by atoms with Crippen LogP contribution in [0.3, 0.4) is 0 Å². The zero-order chi connectivity index (χ0) is 10.9. The Morgan fingerprint density at radius 3 is 1.23 bits per heavy atom. The van der Waals surface area contributed by atoms with Gasteiger partial charge in [0.25, 0.3) is 5.92 Å². The Morgan fingerprint density at radius 2 is 1.08 bits per heavy atom. The molecule has 0 aliphatic rings. The highest BCUT2D eigenvalue weighted by Crippen LogP contribution is 2.47. The Bertz CT molecular complexity index is 251. The van der Waals surface area contributed by atoms with Gasteiger partial charge in [0.2, 0.25) is 0 Å². The average Bonchev–Trinajstić information content (AvgIpc) is 2.03. The lowest BCUT2D eigenvalue weighted by Gasteiger charge is -2.35. The largest absolute Gasteiger partial charge is 0.283 e. The van der Waals surface area contributed by atoms with E-state index in [1.165, 1.54) is 12.1 Å². The van der Waals surface area contributed by atoms with E-state index in [0.29, 0.717) is 0 Å². The molecule has 0 aromatic rings. The van der Waals surface area contributed by atoms with Crippen molar-refractivity contribution in [2.24, 2.45) is 10.8 Å². The molecule has 0 amide bonds. The van der Waals surface area contributed by atoms with Gasteiger partial charge in [-0.25, -0.2) is 8.78 Å². The summed E-state index contributed by atoms with van der Waals surface area (Å²) in [6.45, 7) is 4.52. The smallest absolute Gasteiger partial charge is 0.203 e. The molecule has 0 saturated carbocycles. The summed E-state index contributed by atoms with van der Waals surface area (Å²) in [5.41, 5.74) is -3.65. The lowest BCUT2D eigenvalue weighted by atomic mass is 9.72. The fraction of sp³-hybridized carbons (Fsp3) is 0.778. The van der Waals surface area contributed by atoms with Gasteiger partial charge in [0.05, 0.1) is 12.1 Å². The molecular formula is C9H12F2N2. The molecule has 0 bridgehead atoms. The molecule has 0 spiro atoms. The fourth-order valence-electron chi connectivity index (χ4n) is 0.922. The third kappa shape index (κ3) is 1.62. The highest BCUT2D eigenvalue weighted by molar-refractivity contribution is 5.13. The molecule has 72 valence electrons. The maximum atomic E-state index is 13.5. The second kappa shape index (κ2) is 2.96. The van der Waals surface area contributed by atoms with Crippen molar-refractivity contribution in [3.05, 3.63) is 0 Å². The standard InChI is InChI=1S/C9H12F2N2/c1-7(2,5-12)9(10,11)8(3,4)6-13/h1-4H3. The fourth-order valence-corrected chi connectivity index (χ4v) is 0.922. The summed E-state index contributed by atoms with van der Waals surface area (Å²) in [6, 6.07) is 3.04. The number of halogens is 2. The Hall–Kier alpha value is -1.16. The van der Waals surface area contributed by atoms with Gasteiger partial charge in [0.1, 0.15) is 10.8 Å². The summed E-state index contributed by atoms with van der Waals surface area (Å²) in [4.78, 5) is 0. The number of rotatable bonds is 2. The highest BCUT2D eigenvalue weighted by Gasteiger charge is 2.58. The first-order chi connectivity index (χ1) is 5.62. The summed E-state index contributed by atoms with van der Waals surface area (Å²) >= 11 is 0. The van der Waals surface area contributed by atoms with Gasteiger partial charge < -0.3 is 0 Å². The van der Waals surface area contributed by atoms with Crippen molar-refractivity contribution < 1.29 is 8.78 Å². The number of hydrogen-bond donors (Lipinski definition) is 0. The van der Waals surface area contributed by atoms with Crippen LogP contribution in [0.15, 0.2) is 0 Å². The van der Waals surface area contributed by atoms with E-state index in [9.17, 15) is 8.78 Å². The van der Waals surface area contributed by atoms with Crippen LogP contribution in [0.5, 0.6) is 0 Å². The monoisotopic (exact) mass is 186 g/mol. The molecule has 0 radical (unpaired) electrons. The average molecular weight is 186 g/mol. The van der Waals surface area contributed by atoms with E-state index in [0.717, 1.165) is 27.7 Å². The van der Waals surface area contributed by atoms with Gasteiger partial charge in [0.15, 0.2) is 0 Å². The zero-order valence-corrected chi connectivity index (χ0v) is 8.15. The summed E-state index contributed by atoms with van der Waals surface area (Å²) < 4.78 is 27.1. The van der Waals surface area contributed by atoms with Gasteiger partial charge >= 0.3 is 0 Å². The predicted octanol–water partition coefficient (Wildman–Crippen LogP) is 2.72. The van der Waals surface area contributed by atoms with E-state index in [-0.39, 0.29) is 0 Å². The third-order valence-corrected chi connectivity index (χ3v) is 2.13. The Kier molecular flexibility index (Phi) is 2.69. The van der Waals surface area contributed by atoms with Crippen molar-refractivity contribution >= 4 is 0 Å². The van der Waals surface area contributed by atoms with Crippen LogP contribution < -0.4 is 0 Å². The van der Waals surface area contributed by atoms with Crippen molar-refractivity contribution in [2.45, 2.75) is 33.6 Å². The molecule has 4 heteroatoms. The summed E-state index contributed by atoms with van der Waals surface area (Å²) in [5, 5.41) is 17.1. The molecule has 13 heavy (non-hydrogen) atoms. The molecular weight excluding hydrogens is 174 g/mol. The van der Waals surface area contributed by atoms with Gasteiger partial charge in [0, 0.05) is 0 Å². The minimum atomic E-state index is -3.33. The number of alkyl halides is 2. The minimum Gasteiger partial charge on any atom is -0.203 e. The van der Waals surface area contributed by atoms with Gasteiger partial charge in [-0.2, -0.15) is 10.5 Å². The first-order valence-corrected chi connectivity index (χ1v) is 3.83. The molecule has 0 heterocycles. The third-order valence-electron chi connectivity index (χ3n) is 2.13. The summed E-state index contributed by atoms with van der Waals surface area (Å²) in [7, 11) is 0. The molecule has 0 unspecified atom stereocenters. The molecule has 0 aliphatic carbocycles. The van der Waals surface area contributed by atoms with Crippen LogP contribution in [0.2, 0.25) is 0 Å². The molecule has 0 atom stereocenters. The molecule has 0 saturated heterocycles. The topological polar surface area (TPSA) is 47.6 Å². The maximum absolute atomic E-state index is 13.5. The quantitative estimate of drug-likeness (QED) is 0.665. The number of nitriles is 2. The van der Waals surface area contributed by atoms with Crippen LogP contribution in [-0.2, 0) is 0 Å². The predicted molar refractivity (Wildman–Crippen MR) is 43.7 cm³/mol. The summed E-state index contributed by atoms with van der Waals surface area (Å²) in [5.74, 6) is -3.33.